The van der Waals surface area contributed by atoms with Gasteiger partial charge in [-0.05, 0) is 18.1 Å². The standard InChI is InChI=1S/C11H13NO3S/c13-10(14)8-3-7-4-12-5-11(9(7)16-8)1-2-15-6-11/h3,12H,1-2,4-6H2,(H,13,14). The minimum absolute atomic E-state index is 0.0337. The zero-order valence-corrected chi connectivity index (χ0v) is 9.60. The van der Waals surface area contributed by atoms with Gasteiger partial charge in [0.2, 0.25) is 0 Å². The molecule has 4 nitrogen and oxygen atoms in total. The highest BCUT2D eigenvalue weighted by atomic mass is 32.1. The summed E-state index contributed by atoms with van der Waals surface area (Å²) in [5.41, 5.74) is 1.17. The van der Waals surface area contributed by atoms with Crippen LogP contribution in [0.4, 0.5) is 0 Å². The number of thiophene rings is 1. The molecule has 2 N–H and O–H groups in total. The Hall–Kier alpha value is -0.910. The Bertz CT molecular complexity index is 434. The molecule has 16 heavy (non-hydrogen) atoms. The lowest BCUT2D eigenvalue weighted by molar-refractivity contribution is 0.0702. The third-order valence-electron chi connectivity index (χ3n) is 3.38. The van der Waals surface area contributed by atoms with Crippen LogP contribution < -0.4 is 5.32 Å². The van der Waals surface area contributed by atoms with E-state index in [4.69, 9.17) is 9.84 Å². The summed E-state index contributed by atoms with van der Waals surface area (Å²) in [5.74, 6) is -0.825. The third kappa shape index (κ3) is 1.39. The lowest BCUT2D eigenvalue weighted by Crippen LogP contribution is -2.42. The van der Waals surface area contributed by atoms with E-state index in [9.17, 15) is 4.79 Å². The van der Waals surface area contributed by atoms with E-state index in [1.165, 1.54) is 16.2 Å². The first kappa shape index (κ1) is 10.3. The van der Waals surface area contributed by atoms with Crippen LogP contribution in [0, 0.1) is 0 Å². The summed E-state index contributed by atoms with van der Waals surface area (Å²) < 4.78 is 5.48. The highest BCUT2D eigenvalue weighted by Gasteiger charge is 2.42. The average molecular weight is 239 g/mol. The molecule has 0 bridgehead atoms. The number of aromatic carboxylic acids is 1. The number of hydrogen-bond donors (Lipinski definition) is 2. The molecule has 1 unspecified atom stereocenters. The van der Waals surface area contributed by atoms with Crippen molar-refractivity contribution >= 4 is 17.3 Å². The highest BCUT2D eigenvalue weighted by molar-refractivity contribution is 7.14. The number of ether oxygens (including phenoxy) is 1. The normalized spacial score (nSPS) is 28.2. The largest absolute Gasteiger partial charge is 0.477 e. The summed E-state index contributed by atoms with van der Waals surface area (Å²) in [5, 5.41) is 12.4. The van der Waals surface area contributed by atoms with E-state index in [1.54, 1.807) is 6.07 Å². The van der Waals surface area contributed by atoms with E-state index in [-0.39, 0.29) is 5.41 Å². The molecule has 1 aromatic heterocycles. The van der Waals surface area contributed by atoms with Gasteiger partial charge in [-0.25, -0.2) is 4.79 Å². The van der Waals surface area contributed by atoms with Crippen molar-refractivity contribution in [3.8, 4) is 0 Å². The van der Waals surface area contributed by atoms with Crippen LogP contribution in [0.15, 0.2) is 6.07 Å². The molecule has 1 spiro atoms. The second kappa shape index (κ2) is 3.55. The molecule has 3 heterocycles. The number of carboxylic acids is 1. The van der Waals surface area contributed by atoms with Crippen LogP contribution in [0.25, 0.3) is 0 Å². The fourth-order valence-electron chi connectivity index (χ4n) is 2.56. The van der Waals surface area contributed by atoms with Crippen LogP contribution in [-0.2, 0) is 16.7 Å². The van der Waals surface area contributed by atoms with Crippen LogP contribution in [0.3, 0.4) is 0 Å². The van der Waals surface area contributed by atoms with Gasteiger partial charge in [0.05, 0.1) is 6.61 Å². The molecule has 1 saturated heterocycles. The lowest BCUT2D eigenvalue weighted by Gasteiger charge is -2.32. The first-order valence-electron chi connectivity index (χ1n) is 5.36. The molecule has 2 aliphatic rings. The molecule has 3 rings (SSSR count). The summed E-state index contributed by atoms with van der Waals surface area (Å²) in [6.45, 7) is 3.18. The smallest absolute Gasteiger partial charge is 0.345 e. The number of hydrogen-bond acceptors (Lipinski definition) is 4. The molecular formula is C11H13NO3S. The molecule has 5 heteroatoms. The molecule has 1 aromatic rings. The predicted molar refractivity (Wildman–Crippen MR) is 60.1 cm³/mol. The van der Waals surface area contributed by atoms with Gasteiger partial charge in [-0.3, -0.25) is 0 Å². The molecule has 0 radical (unpaired) electrons. The summed E-state index contributed by atoms with van der Waals surface area (Å²) in [6.07, 6.45) is 0.993. The Kier molecular flexibility index (Phi) is 2.27. The zero-order valence-electron chi connectivity index (χ0n) is 8.78. The van der Waals surface area contributed by atoms with Gasteiger partial charge in [-0.15, -0.1) is 11.3 Å². The SMILES string of the molecule is O=C(O)c1cc2c(s1)C1(CCOC1)CNC2. The Balaban J connectivity index is 2.07. The number of rotatable bonds is 1. The number of carboxylic acid groups (broad SMARTS) is 1. The Morgan fingerprint density at radius 2 is 2.50 bits per heavy atom. The predicted octanol–water partition coefficient (Wildman–Crippen LogP) is 1.21. The molecule has 86 valence electrons. The third-order valence-corrected chi connectivity index (χ3v) is 4.80. The van der Waals surface area contributed by atoms with Gasteiger partial charge >= 0.3 is 5.97 Å². The average Bonchev–Trinajstić information content (AvgIpc) is 2.85. The van der Waals surface area contributed by atoms with Gasteiger partial charge < -0.3 is 15.2 Å². The number of carbonyl (C=O) groups is 1. The second-order valence-electron chi connectivity index (χ2n) is 4.46. The fourth-order valence-corrected chi connectivity index (χ4v) is 3.78. The van der Waals surface area contributed by atoms with Crippen LogP contribution >= 0.6 is 11.3 Å². The number of fused-ring (bicyclic) bond motifs is 2. The zero-order chi connectivity index (χ0) is 11.2. The topological polar surface area (TPSA) is 58.6 Å². The quantitative estimate of drug-likeness (QED) is 0.773. The summed E-state index contributed by atoms with van der Waals surface area (Å²) in [7, 11) is 0. The highest BCUT2D eigenvalue weighted by Crippen LogP contribution is 2.41. The van der Waals surface area contributed by atoms with Crippen molar-refractivity contribution in [2.75, 3.05) is 19.8 Å². The van der Waals surface area contributed by atoms with Crippen molar-refractivity contribution in [2.24, 2.45) is 0 Å². The molecule has 2 aliphatic heterocycles. The Labute approximate surface area is 97.2 Å². The molecule has 1 atom stereocenters. The number of nitrogens with one attached hydrogen (secondary N) is 1. The van der Waals surface area contributed by atoms with Gasteiger partial charge in [-0.1, -0.05) is 0 Å². The monoisotopic (exact) mass is 239 g/mol. The van der Waals surface area contributed by atoms with Crippen LogP contribution in [0.1, 0.15) is 26.5 Å². The molecular weight excluding hydrogens is 226 g/mol. The van der Waals surface area contributed by atoms with Crippen molar-refractivity contribution in [2.45, 2.75) is 18.4 Å². The Morgan fingerprint density at radius 3 is 3.19 bits per heavy atom. The molecule has 0 aliphatic carbocycles. The molecule has 0 aromatic carbocycles. The molecule has 0 saturated carbocycles. The van der Waals surface area contributed by atoms with Crippen molar-refractivity contribution in [1.82, 2.24) is 5.32 Å². The minimum Gasteiger partial charge on any atom is -0.477 e. The summed E-state index contributed by atoms with van der Waals surface area (Å²) >= 11 is 1.42. The maximum Gasteiger partial charge on any atom is 0.345 e. The minimum atomic E-state index is -0.825. The summed E-state index contributed by atoms with van der Waals surface area (Å²) in [6, 6.07) is 1.80. The van der Waals surface area contributed by atoms with Gasteiger partial charge in [0.1, 0.15) is 4.88 Å². The Morgan fingerprint density at radius 1 is 1.62 bits per heavy atom. The maximum atomic E-state index is 11.0. The first-order chi connectivity index (χ1) is 7.71. The van der Waals surface area contributed by atoms with Crippen molar-refractivity contribution in [3.05, 3.63) is 21.4 Å². The van der Waals surface area contributed by atoms with E-state index in [1.807, 2.05) is 0 Å². The van der Waals surface area contributed by atoms with Crippen molar-refractivity contribution in [1.29, 1.82) is 0 Å². The van der Waals surface area contributed by atoms with Crippen LogP contribution in [-0.4, -0.2) is 30.8 Å². The van der Waals surface area contributed by atoms with Crippen molar-refractivity contribution < 1.29 is 14.6 Å². The van der Waals surface area contributed by atoms with E-state index in [2.05, 4.69) is 5.32 Å². The van der Waals surface area contributed by atoms with E-state index >= 15 is 0 Å². The fraction of sp³-hybridized carbons (Fsp3) is 0.545. The summed E-state index contributed by atoms with van der Waals surface area (Å²) in [4.78, 5) is 12.6. The molecule has 0 amide bonds. The van der Waals surface area contributed by atoms with Crippen molar-refractivity contribution in [3.63, 3.8) is 0 Å². The van der Waals surface area contributed by atoms with E-state index in [0.717, 1.165) is 31.7 Å². The van der Waals surface area contributed by atoms with E-state index in [0.29, 0.717) is 11.5 Å². The van der Waals surface area contributed by atoms with E-state index < -0.39 is 5.97 Å². The maximum absolute atomic E-state index is 11.0. The second-order valence-corrected chi connectivity index (χ2v) is 5.51. The van der Waals surface area contributed by atoms with Gasteiger partial charge in [0.25, 0.3) is 0 Å². The lowest BCUT2D eigenvalue weighted by atomic mass is 9.81. The van der Waals surface area contributed by atoms with Crippen LogP contribution in [0.5, 0.6) is 0 Å². The first-order valence-corrected chi connectivity index (χ1v) is 6.18. The van der Waals surface area contributed by atoms with Gasteiger partial charge in [0.15, 0.2) is 0 Å². The van der Waals surface area contributed by atoms with Crippen LogP contribution in [0.2, 0.25) is 0 Å². The van der Waals surface area contributed by atoms with Gasteiger partial charge in [-0.2, -0.15) is 0 Å². The molecule has 1 fully saturated rings. The van der Waals surface area contributed by atoms with Gasteiger partial charge in [0, 0.05) is 30.0 Å².